The van der Waals surface area contributed by atoms with Gasteiger partial charge in [-0.05, 0) is 48.9 Å². The van der Waals surface area contributed by atoms with Crippen molar-refractivity contribution in [2.24, 2.45) is 0 Å². The number of nitro groups is 1. The Bertz CT molecular complexity index is 1060. The molecular weight excluding hydrogens is 422 g/mol. The molecule has 1 aliphatic heterocycles. The fraction of sp³-hybridized carbons (Fsp3) is 0.217. The van der Waals surface area contributed by atoms with Crippen LogP contribution in [0.5, 0.6) is 11.5 Å². The number of aliphatic hydroxyl groups excluding tert-OH is 1. The van der Waals surface area contributed by atoms with Crippen molar-refractivity contribution in [2.75, 3.05) is 0 Å². The van der Waals surface area contributed by atoms with Gasteiger partial charge in [0, 0.05) is 28.6 Å². The molecule has 0 bridgehead atoms. The first-order valence-electron chi connectivity index (χ1n) is 9.68. The Morgan fingerprint density at radius 1 is 1.06 bits per heavy atom. The van der Waals surface area contributed by atoms with E-state index in [4.69, 9.17) is 25.8 Å². The highest BCUT2D eigenvalue weighted by atomic mass is 35.5. The van der Waals surface area contributed by atoms with Crippen LogP contribution in [0.1, 0.15) is 36.0 Å². The molecule has 1 N–H and O–H groups in total. The molecule has 0 aromatic heterocycles. The third-order valence-corrected chi connectivity index (χ3v) is 5.19. The van der Waals surface area contributed by atoms with E-state index in [1.807, 2.05) is 0 Å². The minimum absolute atomic E-state index is 0.0778. The fourth-order valence-corrected chi connectivity index (χ4v) is 3.43. The second-order valence-electron chi connectivity index (χ2n) is 7.16. The second-order valence-corrected chi connectivity index (χ2v) is 7.60. The van der Waals surface area contributed by atoms with Gasteiger partial charge in [0.05, 0.1) is 11.0 Å². The predicted octanol–water partition coefficient (Wildman–Crippen LogP) is 5.71. The Labute approximate surface area is 183 Å². The number of hydrogen-bond acceptors (Lipinski definition) is 6. The van der Waals surface area contributed by atoms with E-state index in [1.165, 1.54) is 6.07 Å². The van der Waals surface area contributed by atoms with Gasteiger partial charge in [-0.2, -0.15) is 0 Å². The van der Waals surface area contributed by atoms with Gasteiger partial charge < -0.3 is 19.3 Å². The molecule has 160 valence electrons. The minimum Gasteiger partial charge on any atom is -0.457 e. The van der Waals surface area contributed by atoms with E-state index >= 15 is 0 Å². The van der Waals surface area contributed by atoms with E-state index in [0.717, 1.165) is 0 Å². The number of halogens is 1. The van der Waals surface area contributed by atoms with Gasteiger partial charge in [0.1, 0.15) is 11.5 Å². The SMILES string of the molecule is CC1OC(c2ccc(CC(O)c3ccc(Oc4ccc(Cl)cc4)cc3)c([N+](=O)[O-])c2)O1. The lowest BCUT2D eigenvalue weighted by atomic mass is 9.98. The number of ether oxygens (including phenoxy) is 3. The summed E-state index contributed by atoms with van der Waals surface area (Å²) in [6.45, 7) is 1.75. The topological polar surface area (TPSA) is 91.1 Å². The first-order chi connectivity index (χ1) is 14.9. The minimum atomic E-state index is -0.912. The average Bonchev–Trinajstić information content (AvgIpc) is 2.74. The molecule has 3 aromatic rings. The van der Waals surface area contributed by atoms with Crippen LogP contribution in [0, 0.1) is 10.1 Å². The van der Waals surface area contributed by atoms with Crippen LogP contribution in [-0.2, 0) is 15.9 Å². The van der Waals surface area contributed by atoms with Crippen LogP contribution in [-0.4, -0.2) is 16.3 Å². The highest BCUT2D eigenvalue weighted by molar-refractivity contribution is 6.30. The summed E-state index contributed by atoms with van der Waals surface area (Å²) in [6.07, 6.45) is -1.74. The summed E-state index contributed by atoms with van der Waals surface area (Å²) in [4.78, 5) is 11.1. The Morgan fingerprint density at radius 3 is 2.26 bits per heavy atom. The molecule has 1 saturated heterocycles. The highest BCUT2D eigenvalue weighted by Gasteiger charge is 2.30. The molecular formula is C23H20ClNO6. The van der Waals surface area contributed by atoms with Gasteiger partial charge in [-0.1, -0.05) is 35.9 Å². The van der Waals surface area contributed by atoms with Crippen LogP contribution >= 0.6 is 11.6 Å². The predicted molar refractivity (Wildman–Crippen MR) is 114 cm³/mol. The van der Waals surface area contributed by atoms with Crippen molar-refractivity contribution in [1.82, 2.24) is 0 Å². The van der Waals surface area contributed by atoms with Crippen LogP contribution in [0.2, 0.25) is 5.02 Å². The van der Waals surface area contributed by atoms with E-state index in [9.17, 15) is 15.2 Å². The number of aliphatic hydroxyl groups is 1. The molecule has 1 atom stereocenters. The maximum atomic E-state index is 11.5. The van der Waals surface area contributed by atoms with Gasteiger partial charge in [0.25, 0.3) is 5.69 Å². The van der Waals surface area contributed by atoms with Gasteiger partial charge in [-0.15, -0.1) is 0 Å². The summed E-state index contributed by atoms with van der Waals surface area (Å²) in [5, 5.41) is 22.8. The summed E-state index contributed by atoms with van der Waals surface area (Å²) in [6, 6.07) is 18.7. The molecule has 7 nitrogen and oxygen atoms in total. The van der Waals surface area contributed by atoms with Gasteiger partial charge in [0.2, 0.25) is 0 Å². The Kier molecular flexibility index (Phi) is 6.20. The largest absolute Gasteiger partial charge is 0.457 e. The molecule has 1 unspecified atom stereocenters. The Balaban J connectivity index is 1.45. The second kappa shape index (κ2) is 9.03. The van der Waals surface area contributed by atoms with Crippen LogP contribution in [0.15, 0.2) is 66.7 Å². The number of benzene rings is 3. The fourth-order valence-electron chi connectivity index (χ4n) is 3.31. The monoisotopic (exact) mass is 441 g/mol. The maximum Gasteiger partial charge on any atom is 0.273 e. The van der Waals surface area contributed by atoms with Crippen LogP contribution < -0.4 is 4.74 Å². The molecule has 31 heavy (non-hydrogen) atoms. The van der Waals surface area contributed by atoms with E-state index in [0.29, 0.717) is 33.2 Å². The van der Waals surface area contributed by atoms with Crippen molar-refractivity contribution >= 4 is 17.3 Å². The molecule has 1 fully saturated rings. The third-order valence-electron chi connectivity index (χ3n) is 4.94. The summed E-state index contributed by atoms with van der Waals surface area (Å²) in [5.74, 6) is 1.24. The molecule has 3 aromatic carbocycles. The standard InChI is InChI=1S/C23H20ClNO6/c1-14-29-23(30-14)17-3-2-16(21(12-17)25(27)28)13-22(26)15-4-8-19(9-5-15)31-20-10-6-18(24)7-11-20/h2-12,14,22-23,26H,13H2,1H3. The van der Waals surface area contributed by atoms with Crippen molar-refractivity contribution in [3.05, 3.63) is 98.6 Å². The van der Waals surface area contributed by atoms with Gasteiger partial charge in [-0.3, -0.25) is 10.1 Å². The molecule has 1 aliphatic rings. The van der Waals surface area contributed by atoms with E-state index in [1.54, 1.807) is 67.6 Å². The average molecular weight is 442 g/mol. The Morgan fingerprint density at radius 2 is 1.68 bits per heavy atom. The van der Waals surface area contributed by atoms with Gasteiger partial charge in [-0.25, -0.2) is 0 Å². The van der Waals surface area contributed by atoms with E-state index in [-0.39, 0.29) is 18.4 Å². The van der Waals surface area contributed by atoms with Crippen molar-refractivity contribution in [3.8, 4) is 11.5 Å². The lowest BCUT2D eigenvalue weighted by Crippen LogP contribution is -2.31. The lowest BCUT2D eigenvalue weighted by Gasteiger charge is -2.33. The quantitative estimate of drug-likeness (QED) is 0.373. The maximum absolute atomic E-state index is 11.5. The van der Waals surface area contributed by atoms with Crippen LogP contribution in [0.25, 0.3) is 0 Å². The molecule has 0 saturated carbocycles. The molecule has 0 aliphatic carbocycles. The van der Waals surface area contributed by atoms with Gasteiger partial charge in [0.15, 0.2) is 12.6 Å². The molecule has 1 heterocycles. The van der Waals surface area contributed by atoms with Crippen molar-refractivity contribution in [2.45, 2.75) is 32.0 Å². The highest BCUT2D eigenvalue weighted by Crippen LogP contribution is 2.35. The number of nitrogens with zero attached hydrogens (tertiary/aromatic N) is 1. The molecule has 0 spiro atoms. The number of hydrogen-bond donors (Lipinski definition) is 1. The Hall–Kier alpha value is -2.97. The first kappa shape index (κ1) is 21.3. The summed E-state index contributed by atoms with van der Waals surface area (Å²) < 4.78 is 16.5. The lowest BCUT2D eigenvalue weighted by molar-refractivity contribution is -0.389. The first-order valence-corrected chi connectivity index (χ1v) is 10.1. The smallest absolute Gasteiger partial charge is 0.273 e. The summed E-state index contributed by atoms with van der Waals surface area (Å²) in [7, 11) is 0. The summed E-state index contributed by atoms with van der Waals surface area (Å²) in [5.41, 5.74) is 1.55. The molecule has 0 radical (unpaired) electrons. The van der Waals surface area contributed by atoms with Crippen LogP contribution in [0.3, 0.4) is 0 Å². The molecule has 4 rings (SSSR count). The molecule has 8 heteroatoms. The van der Waals surface area contributed by atoms with E-state index in [2.05, 4.69) is 0 Å². The van der Waals surface area contributed by atoms with Crippen molar-refractivity contribution in [1.29, 1.82) is 0 Å². The summed E-state index contributed by atoms with van der Waals surface area (Å²) >= 11 is 5.87. The van der Waals surface area contributed by atoms with Crippen LogP contribution in [0.4, 0.5) is 5.69 Å². The molecule has 0 amide bonds. The zero-order valence-corrected chi connectivity index (χ0v) is 17.4. The zero-order valence-electron chi connectivity index (χ0n) is 16.6. The third kappa shape index (κ3) is 5.03. The number of nitro benzene ring substituents is 1. The van der Waals surface area contributed by atoms with E-state index < -0.39 is 17.3 Å². The number of rotatable bonds is 7. The normalized spacial score (nSPS) is 18.8. The van der Waals surface area contributed by atoms with Crippen molar-refractivity contribution < 1.29 is 24.2 Å². The van der Waals surface area contributed by atoms with Crippen molar-refractivity contribution in [3.63, 3.8) is 0 Å². The van der Waals surface area contributed by atoms with Gasteiger partial charge >= 0.3 is 0 Å². The zero-order chi connectivity index (χ0) is 22.0.